The predicted molar refractivity (Wildman–Crippen MR) is 231 cm³/mol. The van der Waals surface area contributed by atoms with Gasteiger partial charge in [0.25, 0.3) is 0 Å². The van der Waals surface area contributed by atoms with Gasteiger partial charge in [-0.3, -0.25) is 0 Å². The molecule has 0 radical (unpaired) electrons. The maximum absolute atomic E-state index is 2.61. The van der Waals surface area contributed by atoms with Crippen LogP contribution in [-0.2, 0) is 5.41 Å². The summed E-state index contributed by atoms with van der Waals surface area (Å²) in [5.74, 6) is 0. The van der Waals surface area contributed by atoms with E-state index in [1.54, 1.807) is 0 Å². The Kier molecular flexibility index (Phi) is 5.65. The van der Waals surface area contributed by atoms with Gasteiger partial charge in [-0.15, -0.1) is 0 Å². The minimum absolute atomic E-state index is 0.483. The van der Waals surface area contributed by atoms with Crippen molar-refractivity contribution < 1.29 is 0 Å². The molecule has 0 N–H and O–H groups in total. The molecule has 0 amide bonds. The van der Waals surface area contributed by atoms with Gasteiger partial charge in [0, 0.05) is 5.69 Å². The lowest BCUT2D eigenvalue weighted by Crippen LogP contribution is -2.70. The molecule has 1 aliphatic carbocycles. The van der Waals surface area contributed by atoms with Gasteiger partial charge >= 0.3 is 0 Å². The fourth-order valence-corrected chi connectivity index (χ4v) is 17.0. The molecule has 0 saturated carbocycles. The largest absolute Gasteiger partial charge is 0.310 e. The lowest BCUT2D eigenvalue weighted by atomic mass is 9.64. The highest BCUT2D eigenvalue weighted by Gasteiger charge is 2.55. The molecule has 9 aromatic rings. The second-order valence-corrected chi connectivity index (χ2v) is 19.1. The van der Waals surface area contributed by atoms with Crippen LogP contribution in [0.4, 0.5) is 17.1 Å². The summed E-state index contributed by atoms with van der Waals surface area (Å²) in [5.41, 5.74) is 16.8. The summed E-state index contributed by atoms with van der Waals surface area (Å²) < 4.78 is 0. The number of hydrogen-bond acceptors (Lipinski definition) is 1. The highest BCUT2D eigenvalue weighted by atomic mass is 28.3. The maximum Gasteiger partial charge on any atom is 0.182 e. The van der Waals surface area contributed by atoms with Crippen molar-refractivity contribution in [1.29, 1.82) is 0 Å². The molecule has 0 atom stereocenters. The van der Waals surface area contributed by atoms with Crippen molar-refractivity contribution in [2.75, 3.05) is 4.90 Å². The van der Waals surface area contributed by atoms with Gasteiger partial charge in [-0.05, 0) is 111 Å². The molecule has 0 unspecified atom stereocenters. The zero-order chi connectivity index (χ0) is 35.9. The molecule has 13 rings (SSSR count). The quantitative estimate of drug-likeness (QED) is 0.153. The number of fused-ring (bicyclic) bond motifs is 21. The van der Waals surface area contributed by atoms with E-state index in [1.165, 1.54) is 104 Å². The van der Waals surface area contributed by atoms with Gasteiger partial charge < -0.3 is 4.90 Å². The fourth-order valence-electron chi connectivity index (χ4n) is 11.4. The van der Waals surface area contributed by atoms with E-state index in [4.69, 9.17) is 0 Å². The number of para-hydroxylation sites is 2. The average Bonchev–Trinajstić information content (AvgIpc) is 3.84. The van der Waals surface area contributed by atoms with Crippen LogP contribution in [0, 0.1) is 0 Å². The first-order valence-electron chi connectivity index (χ1n) is 19.4. The summed E-state index contributed by atoms with van der Waals surface area (Å²) in [4.78, 5) is 2.57. The molecule has 55 heavy (non-hydrogen) atoms. The van der Waals surface area contributed by atoms with Gasteiger partial charge in [0.2, 0.25) is 0 Å². The van der Waals surface area contributed by atoms with E-state index in [9.17, 15) is 0 Å². The molecular formula is C53H33NSi. The molecule has 0 fully saturated rings. The van der Waals surface area contributed by atoms with Crippen LogP contribution < -0.4 is 25.6 Å². The third-order valence-corrected chi connectivity index (χ3v) is 18.2. The number of benzene rings is 9. The highest BCUT2D eigenvalue weighted by Crippen LogP contribution is 2.64. The molecular weight excluding hydrogens is 679 g/mol. The van der Waals surface area contributed by atoms with E-state index in [2.05, 4.69) is 205 Å². The summed E-state index contributed by atoms with van der Waals surface area (Å²) in [6.07, 6.45) is 0. The first-order chi connectivity index (χ1) is 27.3. The van der Waals surface area contributed by atoms with Crippen molar-refractivity contribution in [2.45, 2.75) is 5.41 Å². The van der Waals surface area contributed by atoms with Crippen LogP contribution >= 0.6 is 0 Å². The van der Waals surface area contributed by atoms with Crippen LogP contribution in [-0.4, -0.2) is 8.07 Å². The molecule has 1 nitrogen and oxygen atoms in total. The second kappa shape index (κ2) is 10.5. The Morgan fingerprint density at radius 1 is 0.345 bits per heavy atom. The number of hydrogen-bond donors (Lipinski definition) is 0. The monoisotopic (exact) mass is 711 g/mol. The minimum Gasteiger partial charge on any atom is -0.310 e. The molecule has 4 aliphatic rings. The molecule has 0 aromatic heterocycles. The van der Waals surface area contributed by atoms with E-state index >= 15 is 0 Å². The summed E-state index contributed by atoms with van der Waals surface area (Å²) in [7, 11) is -2.61. The Morgan fingerprint density at radius 2 is 0.818 bits per heavy atom. The molecule has 254 valence electrons. The Labute approximate surface area is 321 Å². The molecule has 2 heteroatoms. The molecule has 9 aromatic carbocycles. The van der Waals surface area contributed by atoms with Crippen LogP contribution in [0.2, 0.25) is 0 Å². The van der Waals surface area contributed by atoms with Gasteiger partial charge in [0.05, 0.1) is 16.8 Å². The van der Waals surface area contributed by atoms with Crippen molar-refractivity contribution in [2.24, 2.45) is 0 Å². The maximum atomic E-state index is 2.58. The van der Waals surface area contributed by atoms with Crippen LogP contribution in [0.25, 0.3) is 44.2 Å². The topological polar surface area (TPSA) is 3.24 Å². The summed E-state index contributed by atoms with van der Waals surface area (Å²) in [6, 6.07) is 76.3. The van der Waals surface area contributed by atoms with Crippen LogP contribution in [0.3, 0.4) is 0 Å². The summed E-state index contributed by atoms with van der Waals surface area (Å²) in [6.45, 7) is 0. The number of nitrogens with zero attached hydrogens (tertiary/aromatic N) is 1. The van der Waals surface area contributed by atoms with E-state index in [0.29, 0.717) is 0 Å². The van der Waals surface area contributed by atoms with Gasteiger partial charge in [-0.25, -0.2) is 0 Å². The van der Waals surface area contributed by atoms with Crippen LogP contribution in [0.15, 0.2) is 200 Å². The Morgan fingerprint density at radius 3 is 1.45 bits per heavy atom. The molecule has 3 aliphatic heterocycles. The summed E-state index contributed by atoms with van der Waals surface area (Å²) in [5, 5.41) is 8.59. The first kappa shape index (κ1) is 29.7. The van der Waals surface area contributed by atoms with Gasteiger partial charge in [0.15, 0.2) is 8.07 Å². The molecule has 2 spiro atoms. The van der Waals surface area contributed by atoms with E-state index in [-0.39, 0.29) is 0 Å². The average molecular weight is 712 g/mol. The zero-order valence-electron chi connectivity index (χ0n) is 30.0. The minimum atomic E-state index is -2.61. The predicted octanol–water partition coefficient (Wildman–Crippen LogP) is 10.3. The number of rotatable bonds is 1. The van der Waals surface area contributed by atoms with Crippen molar-refractivity contribution in [3.05, 3.63) is 222 Å². The molecule has 3 heterocycles. The van der Waals surface area contributed by atoms with Gasteiger partial charge in [0.1, 0.15) is 0 Å². The molecule has 0 saturated heterocycles. The van der Waals surface area contributed by atoms with E-state index in [0.717, 1.165) is 0 Å². The third kappa shape index (κ3) is 3.42. The second-order valence-electron chi connectivity index (χ2n) is 15.5. The lowest BCUT2D eigenvalue weighted by Gasteiger charge is -2.45. The Balaban J connectivity index is 1.12. The normalized spacial score (nSPS) is 15.2. The first-order valence-corrected chi connectivity index (χ1v) is 21.4. The van der Waals surface area contributed by atoms with Gasteiger partial charge in [-0.1, -0.05) is 176 Å². The summed E-state index contributed by atoms with van der Waals surface area (Å²) >= 11 is 0. The Bertz CT molecular complexity index is 3020. The third-order valence-electron chi connectivity index (χ3n) is 13.3. The van der Waals surface area contributed by atoms with E-state index < -0.39 is 13.5 Å². The van der Waals surface area contributed by atoms with Crippen LogP contribution in [0.1, 0.15) is 22.3 Å². The van der Waals surface area contributed by atoms with E-state index in [1.807, 2.05) is 0 Å². The fraction of sp³-hybridized carbons (Fsp3) is 0.0189. The standard InChI is InChI=1S/C53H33NSi/c1-2-16-36-34(15-1)29-31-42-37-17-3-7-21-43(37)53(52(36)42)44-22-8-10-24-46(44)54(47-25-11-9-23-45(47)53)35-30-32-41-40-20-6-14-28-50(40)55(51(41)33-35)48-26-12-4-18-38(48)39-19-5-13-27-49(39)55/h1-33H. The SMILES string of the molecule is c1ccc2c(c1)-c1ccc3ccccc3c1C21c2ccccc2N(c2ccc3c(c2)[Si]2(c4ccccc4-c4ccccc42)c2ccccc2-3)c2ccccc21. The Hall–Kier alpha value is -6.74. The van der Waals surface area contributed by atoms with Crippen LogP contribution in [0.5, 0.6) is 0 Å². The lowest BCUT2D eigenvalue weighted by molar-refractivity contribution is 0.759. The van der Waals surface area contributed by atoms with Crippen molar-refractivity contribution in [3.63, 3.8) is 0 Å². The van der Waals surface area contributed by atoms with Crippen molar-refractivity contribution in [1.82, 2.24) is 0 Å². The molecule has 0 bridgehead atoms. The number of anilines is 3. The highest BCUT2D eigenvalue weighted by molar-refractivity contribution is 7.24. The van der Waals surface area contributed by atoms with Crippen molar-refractivity contribution in [3.8, 4) is 33.4 Å². The zero-order valence-corrected chi connectivity index (χ0v) is 31.0. The van der Waals surface area contributed by atoms with Gasteiger partial charge in [-0.2, -0.15) is 0 Å². The smallest absolute Gasteiger partial charge is 0.182 e. The van der Waals surface area contributed by atoms with Crippen molar-refractivity contribution >= 4 is 56.7 Å².